The number of rotatable bonds is 3. The number of aliphatic imine (C=N–C) groups is 1. The molecule has 0 bridgehead atoms. The van der Waals surface area contributed by atoms with Crippen molar-refractivity contribution in [2.45, 2.75) is 0 Å². The van der Waals surface area contributed by atoms with Crippen molar-refractivity contribution in [2.75, 3.05) is 31.2 Å². The van der Waals surface area contributed by atoms with Gasteiger partial charge in [-0.2, -0.15) is 0 Å². The topological polar surface area (TPSA) is 51.1 Å². The van der Waals surface area contributed by atoms with E-state index >= 15 is 0 Å². The molecule has 4 rings (SSSR count). The molecule has 0 unspecified atom stereocenters. The van der Waals surface area contributed by atoms with Gasteiger partial charge in [-0.15, -0.1) is 0 Å². The molecule has 132 valence electrons. The Balaban J connectivity index is 1.53. The molecule has 0 aliphatic carbocycles. The Labute approximate surface area is 150 Å². The molecule has 0 spiro atoms. The highest BCUT2D eigenvalue weighted by molar-refractivity contribution is 6.12. The molecule has 2 aliphatic heterocycles. The molecule has 2 aromatic carbocycles. The summed E-state index contributed by atoms with van der Waals surface area (Å²) in [5.41, 5.74) is 2.77. The van der Waals surface area contributed by atoms with Crippen molar-refractivity contribution in [3.05, 3.63) is 71.2 Å². The minimum absolute atomic E-state index is 0.186. The van der Waals surface area contributed by atoms with Gasteiger partial charge in [-0.05, 0) is 48.0 Å². The zero-order valence-corrected chi connectivity index (χ0v) is 14.0. The number of esters is 1. The zero-order chi connectivity index (χ0) is 17.9. The third-order valence-corrected chi connectivity index (χ3v) is 4.28. The predicted molar refractivity (Wildman–Crippen MR) is 96.5 cm³/mol. The Kier molecular flexibility index (Phi) is 4.50. The normalized spacial score (nSPS) is 18.8. The summed E-state index contributed by atoms with van der Waals surface area (Å²) >= 11 is 0. The number of anilines is 1. The predicted octanol–water partition coefficient (Wildman–Crippen LogP) is 3.01. The highest BCUT2D eigenvalue weighted by atomic mass is 19.1. The van der Waals surface area contributed by atoms with Crippen LogP contribution in [0, 0.1) is 5.82 Å². The maximum Gasteiger partial charge on any atom is 0.363 e. The number of halogens is 1. The average molecular weight is 352 g/mol. The lowest BCUT2D eigenvalue weighted by molar-refractivity contribution is -0.129. The smallest absolute Gasteiger partial charge is 0.363 e. The largest absolute Gasteiger partial charge is 0.402 e. The van der Waals surface area contributed by atoms with Crippen LogP contribution in [0.4, 0.5) is 10.1 Å². The molecule has 0 N–H and O–H groups in total. The molecule has 2 aliphatic rings. The Morgan fingerprint density at radius 1 is 1.00 bits per heavy atom. The molecule has 0 amide bonds. The summed E-state index contributed by atoms with van der Waals surface area (Å²) in [6.07, 6.45) is 1.68. The quantitative estimate of drug-likeness (QED) is 0.629. The van der Waals surface area contributed by atoms with Crippen molar-refractivity contribution in [2.24, 2.45) is 4.99 Å². The molecule has 2 aromatic rings. The minimum atomic E-state index is -0.512. The maximum atomic E-state index is 13.0. The lowest BCUT2D eigenvalue weighted by atomic mass is 10.1. The van der Waals surface area contributed by atoms with E-state index in [1.165, 1.54) is 24.3 Å². The molecule has 5 nitrogen and oxygen atoms in total. The van der Waals surface area contributed by atoms with Gasteiger partial charge in [-0.1, -0.05) is 12.1 Å². The van der Waals surface area contributed by atoms with Gasteiger partial charge in [-0.25, -0.2) is 14.2 Å². The first-order valence-corrected chi connectivity index (χ1v) is 8.40. The summed E-state index contributed by atoms with van der Waals surface area (Å²) in [5, 5.41) is 0. The fourth-order valence-corrected chi connectivity index (χ4v) is 2.89. The van der Waals surface area contributed by atoms with Gasteiger partial charge in [0.25, 0.3) is 0 Å². The van der Waals surface area contributed by atoms with Gasteiger partial charge < -0.3 is 14.4 Å². The Morgan fingerprint density at radius 3 is 2.38 bits per heavy atom. The monoisotopic (exact) mass is 352 g/mol. The minimum Gasteiger partial charge on any atom is -0.402 e. The number of hydrogen-bond donors (Lipinski definition) is 0. The highest BCUT2D eigenvalue weighted by Gasteiger charge is 2.24. The van der Waals surface area contributed by atoms with Crippen LogP contribution < -0.4 is 4.90 Å². The van der Waals surface area contributed by atoms with Crippen molar-refractivity contribution < 1.29 is 18.7 Å². The molecule has 2 heterocycles. The third-order valence-electron chi connectivity index (χ3n) is 4.28. The second-order valence-corrected chi connectivity index (χ2v) is 6.03. The van der Waals surface area contributed by atoms with Crippen LogP contribution in [-0.4, -0.2) is 38.2 Å². The van der Waals surface area contributed by atoms with Crippen LogP contribution >= 0.6 is 0 Å². The van der Waals surface area contributed by atoms with E-state index in [1.54, 1.807) is 6.08 Å². The number of carbonyl (C=O) groups excluding carboxylic acids is 1. The highest BCUT2D eigenvalue weighted by Crippen LogP contribution is 2.22. The number of nitrogens with zero attached hydrogens (tertiary/aromatic N) is 2. The van der Waals surface area contributed by atoms with Gasteiger partial charge in [-0.3, -0.25) is 0 Å². The lowest BCUT2D eigenvalue weighted by Gasteiger charge is -2.28. The molecular formula is C20H17FN2O3. The standard InChI is InChI=1S/C20H17FN2O3/c21-16-5-3-15(4-6-16)19-22-18(20(24)26-19)13-14-1-7-17(8-2-14)23-9-11-25-12-10-23/h1-8,13H,9-12H2. The summed E-state index contributed by atoms with van der Waals surface area (Å²) in [7, 11) is 0. The average Bonchev–Trinajstić information content (AvgIpc) is 3.04. The van der Waals surface area contributed by atoms with Crippen molar-refractivity contribution >= 4 is 23.6 Å². The van der Waals surface area contributed by atoms with Crippen molar-refractivity contribution in [3.63, 3.8) is 0 Å². The second kappa shape index (κ2) is 7.09. The molecule has 0 saturated carbocycles. The molecule has 0 aromatic heterocycles. The molecule has 1 fully saturated rings. The fraction of sp³-hybridized carbons (Fsp3) is 0.200. The number of carbonyl (C=O) groups is 1. The molecule has 6 heteroatoms. The first-order chi connectivity index (χ1) is 12.7. The van der Waals surface area contributed by atoms with Gasteiger partial charge in [0.15, 0.2) is 5.70 Å². The van der Waals surface area contributed by atoms with E-state index in [1.807, 2.05) is 24.3 Å². The second-order valence-electron chi connectivity index (χ2n) is 6.03. The summed E-state index contributed by atoms with van der Waals surface area (Å²) < 4.78 is 23.6. The van der Waals surface area contributed by atoms with Gasteiger partial charge in [0, 0.05) is 24.3 Å². The van der Waals surface area contributed by atoms with E-state index in [-0.39, 0.29) is 17.4 Å². The van der Waals surface area contributed by atoms with E-state index in [9.17, 15) is 9.18 Å². The summed E-state index contributed by atoms with van der Waals surface area (Å²) in [4.78, 5) is 18.5. The van der Waals surface area contributed by atoms with Gasteiger partial charge in [0.1, 0.15) is 5.82 Å². The van der Waals surface area contributed by atoms with Gasteiger partial charge >= 0.3 is 5.97 Å². The first-order valence-electron chi connectivity index (χ1n) is 8.40. The summed E-state index contributed by atoms with van der Waals surface area (Å²) in [6, 6.07) is 13.6. The number of cyclic esters (lactones) is 1. The van der Waals surface area contributed by atoms with E-state index < -0.39 is 5.97 Å². The van der Waals surface area contributed by atoms with Crippen molar-refractivity contribution in [1.82, 2.24) is 0 Å². The summed E-state index contributed by atoms with van der Waals surface area (Å²) in [6.45, 7) is 3.22. The Bertz CT molecular complexity index is 867. The lowest BCUT2D eigenvalue weighted by Crippen LogP contribution is -2.36. The molecular weight excluding hydrogens is 335 g/mol. The number of benzene rings is 2. The Hall–Kier alpha value is -2.99. The van der Waals surface area contributed by atoms with Crippen molar-refractivity contribution in [3.8, 4) is 0 Å². The van der Waals surface area contributed by atoms with Crippen LogP contribution in [-0.2, 0) is 14.3 Å². The third kappa shape index (κ3) is 3.50. The van der Waals surface area contributed by atoms with Gasteiger partial charge in [0.2, 0.25) is 5.90 Å². The van der Waals surface area contributed by atoms with Crippen LogP contribution in [0.3, 0.4) is 0 Å². The van der Waals surface area contributed by atoms with E-state index in [4.69, 9.17) is 9.47 Å². The van der Waals surface area contributed by atoms with Crippen LogP contribution in [0.25, 0.3) is 6.08 Å². The van der Waals surface area contributed by atoms with E-state index in [2.05, 4.69) is 9.89 Å². The number of ether oxygens (including phenoxy) is 2. The van der Waals surface area contributed by atoms with Crippen LogP contribution in [0.1, 0.15) is 11.1 Å². The first kappa shape index (κ1) is 16.5. The molecule has 1 saturated heterocycles. The molecule has 0 atom stereocenters. The summed E-state index contributed by atoms with van der Waals surface area (Å²) in [5.74, 6) is -0.678. The number of hydrogen-bond acceptors (Lipinski definition) is 5. The fourth-order valence-electron chi connectivity index (χ4n) is 2.89. The van der Waals surface area contributed by atoms with E-state index in [0.717, 1.165) is 37.6 Å². The molecule has 26 heavy (non-hydrogen) atoms. The molecule has 0 radical (unpaired) electrons. The number of morpholine rings is 1. The SMILES string of the molecule is O=C1OC(c2ccc(F)cc2)=NC1=Cc1ccc(N2CCOCC2)cc1. The Morgan fingerprint density at radius 2 is 1.69 bits per heavy atom. The van der Waals surface area contributed by atoms with Crippen LogP contribution in [0.15, 0.2) is 59.2 Å². The van der Waals surface area contributed by atoms with Crippen LogP contribution in [0.5, 0.6) is 0 Å². The van der Waals surface area contributed by atoms with Gasteiger partial charge in [0.05, 0.1) is 13.2 Å². The van der Waals surface area contributed by atoms with E-state index in [0.29, 0.717) is 5.56 Å². The zero-order valence-electron chi connectivity index (χ0n) is 14.0. The van der Waals surface area contributed by atoms with Crippen LogP contribution in [0.2, 0.25) is 0 Å². The van der Waals surface area contributed by atoms with Crippen molar-refractivity contribution in [1.29, 1.82) is 0 Å². The maximum absolute atomic E-state index is 13.0.